The summed E-state index contributed by atoms with van der Waals surface area (Å²) in [5, 5.41) is 23.0. The van der Waals surface area contributed by atoms with Crippen molar-refractivity contribution in [3.63, 3.8) is 0 Å². The summed E-state index contributed by atoms with van der Waals surface area (Å²) in [6.07, 6.45) is 53.1. The van der Waals surface area contributed by atoms with Gasteiger partial charge in [-0.15, -0.1) is 0 Å². The number of nitrogens with one attached hydrogen (secondary N) is 1. The summed E-state index contributed by atoms with van der Waals surface area (Å²) < 4.78 is 5.43. The largest absolute Gasteiger partial charge is 0.466 e. The molecule has 1 amide bonds. The minimum atomic E-state index is -0.852. The van der Waals surface area contributed by atoms with Crippen LogP contribution in [0.15, 0.2) is 24.3 Å². The first-order valence-electron chi connectivity index (χ1n) is 24.6. The van der Waals surface area contributed by atoms with Crippen molar-refractivity contribution < 1.29 is 24.5 Å². The maximum Gasteiger partial charge on any atom is 0.305 e. The van der Waals surface area contributed by atoms with Crippen molar-refractivity contribution in [2.75, 3.05) is 13.2 Å². The number of hydrogen-bond donors (Lipinski definition) is 3. The summed E-state index contributed by atoms with van der Waals surface area (Å²) in [4.78, 5) is 24.4. The van der Waals surface area contributed by atoms with Gasteiger partial charge in [-0.05, 0) is 51.4 Å². The predicted molar refractivity (Wildman–Crippen MR) is 241 cm³/mol. The average molecular weight is 790 g/mol. The van der Waals surface area contributed by atoms with Gasteiger partial charge in [-0.1, -0.05) is 218 Å². The molecule has 0 heterocycles. The van der Waals surface area contributed by atoms with E-state index in [0.29, 0.717) is 19.4 Å². The number of esters is 1. The molecule has 0 bridgehead atoms. The molecule has 3 N–H and O–H groups in total. The van der Waals surface area contributed by atoms with Crippen molar-refractivity contribution in [2.45, 2.75) is 270 Å². The third kappa shape index (κ3) is 42.0. The van der Waals surface area contributed by atoms with E-state index in [1.165, 1.54) is 173 Å². The maximum absolute atomic E-state index is 12.4. The maximum atomic E-state index is 12.4. The Morgan fingerprint density at radius 1 is 0.482 bits per heavy atom. The predicted octanol–water partition coefficient (Wildman–Crippen LogP) is 14.3. The van der Waals surface area contributed by atoms with Gasteiger partial charge in [0.05, 0.1) is 25.4 Å². The Hall–Kier alpha value is -1.66. The number of hydrogen-bond acceptors (Lipinski definition) is 5. The van der Waals surface area contributed by atoms with E-state index in [1.54, 1.807) is 6.08 Å². The summed E-state index contributed by atoms with van der Waals surface area (Å²) in [5.74, 6) is -0.0996. The summed E-state index contributed by atoms with van der Waals surface area (Å²) in [6.45, 7) is 4.83. The van der Waals surface area contributed by atoms with Gasteiger partial charge in [-0.25, -0.2) is 0 Å². The summed E-state index contributed by atoms with van der Waals surface area (Å²) in [6, 6.07) is -0.637. The highest BCUT2D eigenvalue weighted by Crippen LogP contribution is 2.15. The lowest BCUT2D eigenvalue weighted by atomic mass is 10.0. The van der Waals surface area contributed by atoms with E-state index in [9.17, 15) is 19.8 Å². The van der Waals surface area contributed by atoms with Gasteiger partial charge in [0.2, 0.25) is 5.91 Å². The van der Waals surface area contributed by atoms with Gasteiger partial charge in [0, 0.05) is 12.8 Å². The molecule has 0 aromatic carbocycles. The molecule has 2 unspecified atom stereocenters. The van der Waals surface area contributed by atoms with Crippen LogP contribution in [0.2, 0.25) is 0 Å². The normalized spacial score (nSPS) is 12.9. The fourth-order valence-electron chi connectivity index (χ4n) is 7.38. The molecule has 0 aliphatic carbocycles. The van der Waals surface area contributed by atoms with Crippen LogP contribution in [0.25, 0.3) is 0 Å². The number of amides is 1. The van der Waals surface area contributed by atoms with Crippen molar-refractivity contribution in [1.82, 2.24) is 5.32 Å². The molecule has 330 valence electrons. The van der Waals surface area contributed by atoms with Gasteiger partial charge in [-0.2, -0.15) is 0 Å². The topological polar surface area (TPSA) is 95.9 Å². The van der Waals surface area contributed by atoms with Crippen LogP contribution in [0, 0.1) is 0 Å². The Morgan fingerprint density at radius 3 is 1.32 bits per heavy atom. The van der Waals surface area contributed by atoms with Crippen LogP contribution in [0.3, 0.4) is 0 Å². The van der Waals surface area contributed by atoms with Crippen molar-refractivity contribution in [2.24, 2.45) is 0 Å². The van der Waals surface area contributed by atoms with Crippen LogP contribution in [0.1, 0.15) is 258 Å². The third-order valence-corrected chi connectivity index (χ3v) is 11.2. The average Bonchev–Trinajstić information content (AvgIpc) is 3.20. The van der Waals surface area contributed by atoms with Crippen molar-refractivity contribution in [3.05, 3.63) is 24.3 Å². The van der Waals surface area contributed by atoms with Gasteiger partial charge < -0.3 is 20.3 Å². The van der Waals surface area contributed by atoms with Crippen LogP contribution in [0.4, 0.5) is 0 Å². The van der Waals surface area contributed by atoms with E-state index in [1.807, 2.05) is 6.08 Å². The highest BCUT2D eigenvalue weighted by atomic mass is 16.5. The highest BCUT2D eigenvalue weighted by molar-refractivity contribution is 5.76. The minimum Gasteiger partial charge on any atom is -0.466 e. The number of allylic oxidation sites excluding steroid dienone is 3. The zero-order valence-electron chi connectivity index (χ0n) is 37.4. The Balaban J connectivity index is 3.51. The monoisotopic (exact) mass is 790 g/mol. The minimum absolute atomic E-state index is 0.0183. The first-order valence-corrected chi connectivity index (χ1v) is 24.6. The van der Waals surface area contributed by atoms with Gasteiger partial charge in [0.1, 0.15) is 0 Å². The van der Waals surface area contributed by atoms with Crippen LogP contribution in [0.5, 0.6) is 0 Å². The van der Waals surface area contributed by atoms with E-state index in [0.717, 1.165) is 57.8 Å². The first-order chi connectivity index (χ1) is 27.5. The van der Waals surface area contributed by atoms with Gasteiger partial charge in [0.25, 0.3) is 0 Å². The second-order valence-corrected chi connectivity index (χ2v) is 16.8. The second-order valence-electron chi connectivity index (χ2n) is 16.8. The summed E-state index contributed by atoms with van der Waals surface area (Å²) >= 11 is 0. The molecular formula is C50H95NO5. The number of aliphatic hydroxyl groups is 2. The lowest BCUT2D eigenvalue weighted by molar-refractivity contribution is -0.143. The number of carbonyl (C=O) groups excluding carboxylic acids is 2. The molecule has 0 aliphatic heterocycles. The quantitative estimate of drug-likeness (QED) is 0.0324. The van der Waals surface area contributed by atoms with Gasteiger partial charge >= 0.3 is 5.97 Å². The molecule has 0 aliphatic rings. The number of carbonyl (C=O) groups is 2. The van der Waals surface area contributed by atoms with Crippen LogP contribution in [-0.4, -0.2) is 47.4 Å². The van der Waals surface area contributed by atoms with Crippen molar-refractivity contribution in [3.8, 4) is 0 Å². The molecule has 0 aromatic heterocycles. The molecule has 6 heteroatoms. The Bertz CT molecular complexity index is 874. The van der Waals surface area contributed by atoms with Crippen LogP contribution >= 0.6 is 0 Å². The molecule has 0 saturated carbocycles. The molecule has 0 radical (unpaired) electrons. The van der Waals surface area contributed by atoms with Crippen molar-refractivity contribution >= 4 is 11.9 Å². The lowest BCUT2D eigenvalue weighted by Gasteiger charge is -2.20. The molecule has 2 atom stereocenters. The second kappa shape index (κ2) is 46.0. The summed E-state index contributed by atoms with van der Waals surface area (Å²) in [5.41, 5.74) is 0. The summed E-state index contributed by atoms with van der Waals surface area (Å²) in [7, 11) is 0. The molecular weight excluding hydrogens is 695 g/mol. The number of aliphatic hydroxyl groups excluding tert-OH is 2. The van der Waals surface area contributed by atoms with Crippen LogP contribution in [-0.2, 0) is 14.3 Å². The molecule has 6 nitrogen and oxygen atoms in total. The standard InChI is InChI=1S/C50H95NO5/c1-3-5-7-9-11-13-15-16-17-19-23-26-30-34-38-42-48(53)47(46-52)51-49(54)43-39-35-31-27-24-20-18-21-25-29-33-37-41-45-56-50(55)44-40-36-32-28-22-14-12-10-8-6-4-2/h10,12,38,42,47-48,52-53H,3-9,11,13-37,39-41,43-46H2,1-2H3,(H,51,54)/b12-10-,42-38+. The van der Waals surface area contributed by atoms with Gasteiger partial charge in [-0.3, -0.25) is 9.59 Å². The number of rotatable bonds is 45. The number of ether oxygens (including phenoxy) is 1. The smallest absolute Gasteiger partial charge is 0.305 e. The zero-order valence-corrected chi connectivity index (χ0v) is 37.4. The first kappa shape index (κ1) is 54.3. The molecule has 0 spiro atoms. The zero-order chi connectivity index (χ0) is 40.8. The van der Waals surface area contributed by atoms with Crippen LogP contribution < -0.4 is 5.32 Å². The molecule has 0 saturated heterocycles. The number of unbranched alkanes of at least 4 members (excludes halogenated alkanes) is 32. The Morgan fingerprint density at radius 2 is 0.857 bits per heavy atom. The SMILES string of the molecule is CCCC/C=C\CCCCCCCC(=O)OCCCCCCCCCCCCCCCC(=O)NC(CO)C(O)/C=C/CCCCCCCCCCCCCCC. The van der Waals surface area contributed by atoms with E-state index < -0.39 is 12.1 Å². The molecule has 0 fully saturated rings. The fraction of sp³-hybridized carbons (Fsp3) is 0.880. The molecule has 0 aromatic rings. The highest BCUT2D eigenvalue weighted by Gasteiger charge is 2.18. The Labute approximate surface area is 348 Å². The fourth-order valence-corrected chi connectivity index (χ4v) is 7.38. The van der Waals surface area contributed by atoms with E-state index >= 15 is 0 Å². The molecule has 0 rings (SSSR count). The van der Waals surface area contributed by atoms with E-state index in [4.69, 9.17) is 4.74 Å². The lowest BCUT2D eigenvalue weighted by Crippen LogP contribution is -2.45. The molecule has 56 heavy (non-hydrogen) atoms. The van der Waals surface area contributed by atoms with E-state index in [-0.39, 0.29) is 18.5 Å². The van der Waals surface area contributed by atoms with E-state index in [2.05, 4.69) is 31.3 Å². The van der Waals surface area contributed by atoms with Gasteiger partial charge in [0.15, 0.2) is 0 Å². The van der Waals surface area contributed by atoms with Crippen molar-refractivity contribution in [1.29, 1.82) is 0 Å². The Kier molecular flexibility index (Phi) is 44.7. The third-order valence-electron chi connectivity index (χ3n) is 11.2.